The van der Waals surface area contributed by atoms with Crippen molar-refractivity contribution >= 4 is 11.7 Å². The van der Waals surface area contributed by atoms with Gasteiger partial charge in [-0.15, -0.1) is 0 Å². The fraction of sp³-hybridized carbons (Fsp3) is 0.556. The topological polar surface area (TPSA) is 84.9 Å². The molecule has 0 fully saturated rings. The molecule has 0 radical (unpaired) electrons. The Labute approximate surface area is 82.3 Å². The smallest absolute Gasteiger partial charge is 0.341 e. The number of aliphatic hydroxyl groups is 1. The number of nitrogens with zero attached hydrogens (tertiary/aromatic N) is 1. The van der Waals surface area contributed by atoms with E-state index in [0.29, 0.717) is 5.71 Å². The number of carbonyl (C=O) groups is 1. The van der Waals surface area contributed by atoms with E-state index in [1.165, 1.54) is 6.92 Å². The first kappa shape index (κ1) is 10.7. The third-order valence-corrected chi connectivity index (χ3v) is 2.01. The van der Waals surface area contributed by atoms with Crippen LogP contribution in [0.15, 0.2) is 16.3 Å². The van der Waals surface area contributed by atoms with Gasteiger partial charge in [0.1, 0.15) is 5.57 Å². The summed E-state index contributed by atoms with van der Waals surface area (Å²) in [6.07, 6.45) is 0. The Morgan fingerprint density at radius 2 is 2.29 bits per heavy atom. The Kier molecular flexibility index (Phi) is 2.62. The van der Waals surface area contributed by atoms with Gasteiger partial charge in [-0.2, -0.15) is 0 Å². The van der Waals surface area contributed by atoms with Gasteiger partial charge in [-0.05, 0) is 20.8 Å². The fourth-order valence-corrected chi connectivity index (χ4v) is 1.34. The van der Waals surface area contributed by atoms with Crippen molar-refractivity contribution in [1.82, 2.24) is 0 Å². The van der Waals surface area contributed by atoms with Crippen LogP contribution in [0.4, 0.5) is 0 Å². The van der Waals surface area contributed by atoms with Gasteiger partial charge in [0.15, 0.2) is 5.72 Å². The van der Waals surface area contributed by atoms with Gasteiger partial charge in [0.05, 0.1) is 18.0 Å². The molecule has 0 aromatic heterocycles. The summed E-state index contributed by atoms with van der Waals surface area (Å²) in [7, 11) is 0. The van der Waals surface area contributed by atoms with Gasteiger partial charge >= 0.3 is 5.97 Å². The molecule has 1 aliphatic heterocycles. The average Bonchev–Trinajstić information content (AvgIpc) is 2.22. The predicted molar refractivity (Wildman–Crippen MR) is 51.6 cm³/mol. The van der Waals surface area contributed by atoms with Crippen molar-refractivity contribution in [1.29, 1.82) is 0 Å². The van der Waals surface area contributed by atoms with Gasteiger partial charge in [0.2, 0.25) is 0 Å². The Morgan fingerprint density at radius 1 is 1.71 bits per heavy atom. The summed E-state index contributed by atoms with van der Waals surface area (Å²) >= 11 is 0. The lowest BCUT2D eigenvalue weighted by atomic mass is 10.1. The second-order valence-electron chi connectivity index (χ2n) is 3.23. The zero-order chi connectivity index (χ0) is 10.9. The zero-order valence-corrected chi connectivity index (χ0v) is 8.50. The maximum atomic E-state index is 11.4. The van der Waals surface area contributed by atoms with Gasteiger partial charge in [0.25, 0.3) is 0 Å². The Morgan fingerprint density at radius 3 is 2.64 bits per heavy atom. The van der Waals surface area contributed by atoms with Crippen molar-refractivity contribution < 1.29 is 14.6 Å². The van der Waals surface area contributed by atoms with E-state index in [2.05, 4.69) is 4.99 Å². The molecular formula is C9H14N2O3. The molecule has 0 aromatic carbocycles. The third-order valence-electron chi connectivity index (χ3n) is 2.01. The molecule has 0 bridgehead atoms. The molecule has 1 heterocycles. The highest BCUT2D eigenvalue weighted by Crippen LogP contribution is 2.26. The SMILES string of the molecule is CCOC(=O)C1=C(N)C(C)(O)N=C1C. The monoisotopic (exact) mass is 198 g/mol. The molecule has 0 aromatic rings. The number of esters is 1. The first-order chi connectivity index (χ1) is 6.40. The van der Waals surface area contributed by atoms with Gasteiger partial charge < -0.3 is 15.6 Å². The molecule has 0 saturated heterocycles. The Balaban J connectivity index is 3.05. The summed E-state index contributed by atoms with van der Waals surface area (Å²) < 4.78 is 4.79. The molecule has 3 N–H and O–H groups in total. The molecular weight excluding hydrogens is 184 g/mol. The van der Waals surface area contributed by atoms with Crippen LogP contribution in [0.5, 0.6) is 0 Å². The molecule has 0 saturated carbocycles. The molecule has 5 heteroatoms. The van der Waals surface area contributed by atoms with E-state index >= 15 is 0 Å². The van der Waals surface area contributed by atoms with E-state index in [4.69, 9.17) is 10.5 Å². The van der Waals surface area contributed by atoms with Crippen LogP contribution in [0, 0.1) is 0 Å². The lowest BCUT2D eigenvalue weighted by Gasteiger charge is -2.14. The maximum Gasteiger partial charge on any atom is 0.341 e. The second kappa shape index (κ2) is 3.42. The van der Waals surface area contributed by atoms with Crippen LogP contribution in [-0.2, 0) is 9.53 Å². The molecule has 0 aliphatic carbocycles. The molecule has 14 heavy (non-hydrogen) atoms. The van der Waals surface area contributed by atoms with E-state index in [1.54, 1.807) is 13.8 Å². The van der Waals surface area contributed by atoms with Crippen LogP contribution in [0.3, 0.4) is 0 Å². The molecule has 0 amide bonds. The Bertz CT molecular complexity index is 329. The molecule has 1 atom stereocenters. The molecule has 0 spiro atoms. The minimum atomic E-state index is -1.48. The van der Waals surface area contributed by atoms with Gasteiger partial charge in [-0.25, -0.2) is 9.79 Å². The van der Waals surface area contributed by atoms with E-state index < -0.39 is 11.7 Å². The van der Waals surface area contributed by atoms with Crippen molar-refractivity contribution in [2.24, 2.45) is 10.7 Å². The molecule has 5 nitrogen and oxygen atoms in total. The number of ether oxygens (including phenoxy) is 1. The van der Waals surface area contributed by atoms with Crippen molar-refractivity contribution in [3.05, 3.63) is 11.3 Å². The first-order valence-electron chi connectivity index (χ1n) is 4.36. The highest BCUT2D eigenvalue weighted by Gasteiger charge is 2.36. The number of aliphatic imine (C=N–C) groups is 1. The summed E-state index contributed by atoms with van der Waals surface area (Å²) in [4.78, 5) is 15.3. The van der Waals surface area contributed by atoms with Gasteiger partial charge in [0, 0.05) is 0 Å². The summed E-state index contributed by atoms with van der Waals surface area (Å²) in [5, 5.41) is 9.64. The Hall–Kier alpha value is -1.36. The first-order valence-corrected chi connectivity index (χ1v) is 4.36. The number of carbonyl (C=O) groups excluding carboxylic acids is 1. The quantitative estimate of drug-likeness (QED) is 0.609. The fourth-order valence-electron chi connectivity index (χ4n) is 1.34. The number of nitrogens with two attached hydrogens (primary N) is 1. The molecule has 78 valence electrons. The lowest BCUT2D eigenvalue weighted by molar-refractivity contribution is -0.138. The van der Waals surface area contributed by atoms with E-state index in [1.807, 2.05) is 0 Å². The molecule has 1 rings (SSSR count). The van der Waals surface area contributed by atoms with Crippen molar-refractivity contribution in [2.75, 3.05) is 6.61 Å². The van der Waals surface area contributed by atoms with Crippen LogP contribution < -0.4 is 5.73 Å². The number of hydrogen-bond acceptors (Lipinski definition) is 5. The third kappa shape index (κ3) is 1.63. The van der Waals surface area contributed by atoms with Crippen LogP contribution >= 0.6 is 0 Å². The average molecular weight is 198 g/mol. The normalized spacial score (nSPS) is 26.4. The van der Waals surface area contributed by atoms with E-state index in [0.717, 1.165) is 0 Å². The lowest BCUT2D eigenvalue weighted by Crippen LogP contribution is -2.28. The minimum absolute atomic E-state index is 0.0495. The van der Waals surface area contributed by atoms with E-state index in [9.17, 15) is 9.90 Å². The summed E-state index contributed by atoms with van der Waals surface area (Å²) in [6, 6.07) is 0. The highest BCUT2D eigenvalue weighted by molar-refractivity contribution is 6.21. The zero-order valence-electron chi connectivity index (χ0n) is 8.50. The predicted octanol–water partition coefficient (Wildman–Crippen LogP) is -0.0547. The number of rotatable bonds is 2. The standard InChI is InChI=1S/C9H14N2O3/c1-4-14-8(12)6-5(2)11-9(3,13)7(6)10/h13H,4,10H2,1-3H3. The van der Waals surface area contributed by atoms with Crippen molar-refractivity contribution in [3.8, 4) is 0 Å². The minimum Gasteiger partial charge on any atom is -0.462 e. The summed E-state index contributed by atoms with van der Waals surface area (Å²) in [5.41, 5.74) is 4.75. The highest BCUT2D eigenvalue weighted by atomic mass is 16.5. The second-order valence-corrected chi connectivity index (χ2v) is 3.23. The summed E-state index contributed by atoms with van der Waals surface area (Å²) in [5.74, 6) is -0.538. The summed E-state index contributed by atoms with van der Waals surface area (Å²) in [6.45, 7) is 5.01. The van der Waals surface area contributed by atoms with Crippen LogP contribution in [0.2, 0.25) is 0 Å². The van der Waals surface area contributed by atoms with Crippen LogP contribution in [0.25, 0.3) is 0 Å². The molecule has 1 unspecified atom stereocenters. The largest absolute Gasteiger partial charge is 0.462 e. The van der Waals surface area contributed by atoms with Gasteiger partial charge in [-0.3, -0.25) is 0 Å². The van der Waals surface area contributed by atoms with Crippen molar-refractivity contribution in [2.45, 2.75) is 26.5 Å². The van der Waals surface area contributed by atoms with Gasteiger partial charge in [-0.1, -0.05) is 0 Å². The van der Waals surface area contributed by atoms with Crippen LogP contribution in [0.1, 0.15) is 20.8 Å². The number of hydrogen-bond donors (Lipinski definition) is 2. The van der Waals surface area contributed by atoms with Crippen molar-refractivity contribution in [3.63, 3.8) is 0 Å². The maximum absolute atomic E-state index is 11.4. The molecule has 1 aliphatic rings. The van der Waals surface area contributed by atoms with Crippen LogP contribution in [-0.4, -0.2) is 29.1 Å². The van der Waals surface area contributed by atoms with E-state index in [-0.39, 0.29) is 17.9 Å².